The van der Waals surface area contributed by atoms with Gasteiger partial charge in [-0.05, 0) is 47.1 Å². The third-order valence-electron chi connectivity index (χ3n) is 3.22. The van der Waals surface area contributed by atoms with Crippen LogP contribution in [-0.4, -0.2) is 16.5 Å². The van der Waals surface area contributed by atoms with Crippen LogP contribution in [0.15, 0.2) is 41.1 Å². The topological polar surface area (TPSA) is 52.5 Å². The van der Waals surface area contributed by atoms with E-state index in [1.807, 2.05) is 41.8 Å². The van der Waals surface area contributed by atoms with Gasteiger partial charge in [-0.25, -0.2) is 4.98 Å². The van der Waals surface area contributed by atoms with Crippen LogP contribution in [0.3, 0.4) is 0 Å². The Morgan fingerprint density at radius 3 is 2.80 bits per heavy atom. The van der Waals surface area contributed by atoms with Crippen LogP contribution < -0.4 is 10.5 Å². The van der Waals surface area contributed by atoms with Crippen LogP contribution in [0.2, 0.25) is 0 Å². The predicted octanol–water partition coefficient (Wildman–Crippen LogP) is 3.66. The number of imidazole rings is 1. The Morgan fingerprint density at radius 1 is 1.25 bits per heavy atom. The van der Waals surface area contributed by atoms with E-state index in [1.165, 1.54) is 0 Å². The highest BCUT2D eigenvalue weighted by Crippen LogP contribution is 2.33. The number of nitrogens with zero attached hydrogens (tertiary/aromatic N) is 2. The van der Waals surface area contributed by atoms with Crippen molar-refractivity contribution in [3.63, 3.8) is 0 Å². The number of hydrogen-bond donors (Lipinski definition) is 1. The highest BCUT2D eigenvalue weighted by Gasteiger charge is 2.15. The molecule has 102 valence electrons. The minimum absolute atomic E-state index is 0.709. The molecule has 3 aromatic rings. The standard InChI is InChI=1S/C15H14BrN3O/c1-9-3-4-13(20-2)11(7-9)15-18-14(16)12-8-10(17)5-6-19(12)15/h3-8H,17H2,1-2H3. The normalized spacial score (nSPS) is 10.9. The molecule has 4 nitrogen and oxygen atoms in total. The van der Waals surface area contributed by atoms with Crippen LogP contribution in [-0.2, 0) is 0 Å². The van der Waals surface area contributed by atoms with Gasteiger partial charge in [-0.3, -0.25) is 4.40 Å². The Balaban J connectivity index is 2.33. The molecule has 2 heterocycles. The minimum Gasteiger partial charge on any atom is -0.496 e. The molecule has 3 rings (SSSR count). The molecule has 0 aliphatic heterocycles. The van der Waals surface area contributed by atoms with Crippen molar-refractivity contribution >= 4 is 27.1 Å². The molecule has 0 amide bonds. The van der Waals surface area contributed by atoms with Gasteiger partial charge in [-0.1, -0.05) is 11.6 Å². The summed E-state index contributed by atoms with van der Waals surface area (Å²) in [6, 6.07) is 9.79. The molecule has 0 spiro atoms. The van der Waals surface area contributed by atoms with Crippen LogP contribution in [0.4, 0.5) is 5.69 Å². The maximum Gasteiger partial charge on any atom is 0.149 e. The lowest BCUT2D eigenvalue weighted by Crippen LogP contribution is -1.94. The first-order valence-electron chi connectivity index (χ1n) is 6.18. The molecule has 0 saturated heterocycles. The zero-order chi connectivity index (χ0) is 14.3. The first-order chi connectivity index (χ1) is 9.60. The van der Waals surface area contributed by atoms with Gasteiger partial charge >= 0.3 is 0 Å². The summed E-state index contributed by atoms with van der Waals surface area (Å²) in [5, 5.41) is 0. The van der Waals surface area contributed by atoms with Crippen LogP contribution in [0, 0.1) is 6.92 Å². The summed E-state index contributed by atoms with van der Waals surface area (Å²) >= 11 is 3.49. The minimum atomic E-state index is 0.709. The first-order valence-corrected chi connectivity index (χ1v) is 6.97. The number of hydrogen-bond acceptors (Lipinski definition) is 3. The fourth-order valence-corrected chi connectivity index (χ4v) is 2.72. The number of aryl methyl sites for hydroxylation is 1. The molecular weight excluding hydrogens is 318 g/mol. The van der Waals surface area contributed by atoms with E-state index in [-0.39, 0.29) is 0 Å². The number of ether oxygens (including phenoxy) is 1. The van der Waals surface area contributed by atoms with Crippen LogP contribution >= 0.6 is 15.9 Å². The summed E-state index contributed by atoms with van der Waals surface area (Å²) in [4.78, 5) is 4.59. The fraction of sp³-hybridized carbons (Fsp3) is 0.133. The number of halogens is 1. The second-order valence-corrected chi connectivity index (χ2v) is 5.40. The third kappa shape index (κ3) is 2.04. The van der Waals surface area contributed by atoms with E-state index in [0.717, 1.165) is 32.8 Å². The van der Waals surface area contributed by atoms with E-state index in [2.05, 4.69) is 27.0 Å². The van der Waals surface area contributed by atoms with E-state index in [1.54, 1.807) is 7.11 Å². The second kappa shape index (κ2) is 4.83. The van der Waals surface area contributed by atoms with Gasteiger partial charge in [0.05, 0.1) is 18.2 Å². The molecule has 2 aromatic heterocycles. The number of anilines is 1. The van der Waals surface area contributed by atoms with E-state index in [0.29, 0.717) is 5.69 Å². The Hall–Kier alpha value is -2.01. The van der Waals surface area contributed by atoms with Crippen molar-refractivity contribution in [3.05, 3.63) is 46.7 Å². The van der Waals surface area contributed by atoms with Crippen molar-refractivity contribution in [2.45, 2.75) is 6.92 Å². The molecule has 0 bridgehead atoms. The molecular formula is C15H14BrN3O. The molecule has 5 heteroatoms. The van der Waals surface area contributed by atoms with Gasteiger partial charge in [0.15, 0.2) is 0 Å². The largest absolute Gasteiger partial charge is 0.496 e. The summed E-state index contributed by atoms with van der Waals surface area (Å²) in [7, 11) is 1.66. The first kappa shape index (κ1) is 13.0. The van der Waals surface area contributed by atoms with Crippen molar-refractivity contribution in [1.82, 2.24) is 9.38 Å². The highest BCUT2D eigenvalue weighted by molar-refractivity contribution is 9.10. The van der Waals surface area contributed by atoms with Gasteiger partial charge in [-0.15, -0.1) is 0 Å². The average Bonchev–Trinajstić information content (AvgIpc) is 2.75. The summed E-state index contributed by atoms with van der Waals surface area (Å²) < 4.78 is 8.21. The Kier molecular flexibility index (Phi) is 3.14. The molecule has 0 saturated carbocycles. The summed E-state index contributed by atoms with van der Waals surface area (Å²) in [5.74, 6) is 1.62. The molecule has 0 aliphatic carbocycles. The van der Waals surface area contributed by atoms with Crippen molar-refractivity contribution in [1.29, 1.82) is 0 Å². The lowest BCUT2D eigenvalue weighted by atomic mass is 10.1. The molecule has 0 aliphatic rings. The predicted molar refractivity (Wildman–Crippen MR) is 84.0 cm³/mol. The number of nitrogens with two attached hydrogens (primary N) is 1. The van der Waals surface area contributed by atoms with Gasteiger partial charge in [0, 0.05) is 11.9 Å². The smallest absolute Gasteiger partial charge is 0.149 e. The van der Waals surface area contributed by atoms with Gasteiger partial charge in [0.2, 0.25) is 0 Å². The molecule has 0 atom stereocenters. The van der Waals surface area contributed by atoms with E-state index >= 15 is 0 Å². The lowest BCUT2D eigenvalue weighted by Gasteiger charge is -2.09. The van der Waals surface area contributed by atoms with E-state index in [9.17, 15) is 0 Å². The number of methoxy groups -OCH3 is 1. The third-order valence-corrected chi connectivity index (χ3v) is 3.80. The maximum atomic E-state index is 5.83. The lowest BCUT2D eigenvalue weighted by molar-refractivity contribution is 0.416. The molecule has 20 heavy (non-hydrogen) atoms. The zero-order valence-corrected chi connectivity index (χ0v) is 12.8. The SMILES string of the molecule is COc1ccc(C)cc1-c1nc(Br)c2cc(N)ccn12. The quantitative estimate of drug-likeness (QED) is 0.779. The summed E-state index contributed by atoms with van der Waals surface area (Å²) in [6.07, 6.45) is 1.92. The fourth-order valence-electron chi connectivity index (χ4n) is 2.25. The Labute approximate surface area is 125 Å². The Morgan fingerprint density at radius 2 is 2.05 bits per heavy atom. The van der Waals surface area contributed by atoms with Crippen molar-refractivity contribution in [2.24, 2.45) is 0 Å². The van der Waals surface area contributed by atoms with Crippen LogP contribution in [0.1, 0.15) is 5.56 Å². The van der Waals surface area contributed by atoms with Crippen LogP contribution in [0.25, 0.3) is 16.9 Å². The summed E-state index contributed by atoms with van der Waals surface area (Å²) in [5.41, 5.74) is 9.59. The number of pyridine rings is 1. The number of benzene rings is 1. The van der Waals surface area contributed by atoms with Crippen molar-refractivity contribution in [2.75, 3.05) is 12.8 Å². The Bertz CT molecular complexity index is 795. The number of fused-ring (bicyclic) bond motifs is 1. The maximum absolute atomic E-state index is 5.83. The summed E-state index contributed by atoms with van der Waals surface area (Å²) in [6.45, 7) is 2.05. The average molecular weight is 332 g/mol. The highest BCUT2D eigenvalue weighted by atomic mass is 79.9. The number of nitrogen functional groups attached to an aromatic ring is 1. The number of aromatic nitrogens is 2. The molecule has 0 unspecified atom stereocenters. The second-order valence-electron chi connectivity index (χ2n) is 4.65. The van der Waals surface area contributed by atoms with Crippen molar-refractivity contribution in [3.8, 4) is 17.1 Å². The van der Waals surface area contributed by atoms with E-state index in [4.69, 9.17) is 10.5 Å². The van der Waals surface area contributed by atoms with Gasteiger partial charge < -0.3 is 10.5 Å². The van der Waals surface area contributed by atoms with Crippen molar-refractivity contribution < 1.29 is 4.74 Å². The molecule has 0 fully saturated rings. The van der Waals surface area contributed by atoms with E-state index < -0.39 is 0 Å². The van der Waals surface area contributed by atoms with Gasteiger partial charge in [0.25, 0.3) is 0 Å². The monoisotopic (exact) mass is 331 g/mol. The zero-order valence-electron chi connectivity index (χ0n) is 11.2. The van der Waals surface area contributed by atoms with Gasteiger partial charge in [0.1, 0.15) is 16.2 Å². The molecule has 1 aromatic carbocycles. The molecule has 0 radical (unpaired) electrons. The molecule has 2 N–H and O–H groups in total. The van der Waals surface area contributed by atoms with Crippen LogP contribution in [0.5, 0.6) is 5.75 Å². The van der Waals surface area contributed by atoms with Gasteiger partial charge in [-0.2, -0.15) is 0 Å². The number of rotatable bonds is 2.